The summed E-state index contributed by atoms with van der Waals surface area (Å²) >= 11 is 6.93. The molecule has 3 atom stereocenters. The molecule has 1 aliphatic carbocycles. The van der Waals surface area contributed by atoms with Gasteiger partial charge in [-0.05, 0) is 41.5 Å². The van der Waals surface area contributed by atoms with Crippen LogP contribution in [0.4, 0.5) is 0 Å². The number of nitrogens with two attached hydrogens (primary N) is 1. The topological polar surface area (TPSA) is 59.0 Å². The first-order chi connectivity index (χ1) is 10.6. The number of rotatable bonds is 5. The molecule has 5 heteroatoms. The maximum Gasteiger partial charge on any atom is 0.118 e. The van der Waals surface area contributed by atoms with Crippen LogP contribution in [-0.4, -0.2) is 12.1 Å². The molecule has 0 bridgehead atoms. The summed E-state index contributed by atoms with van der Waals surface area (Å²) in [7, 11) is 1.64. The molecule has 0 unspecified atom stereocenters. The molecule has 1 aromatic heterocycles. The van der Waals surface area contributed by atoms with Crippen LogP contribution in [0.15, 0.2) is 41.8 Å². The van der Waals surface area contributed by atoms with Crippen molar-refractivity contribution in [2.45, 2.75) is 12.3 Å². The molecule has 0 spiro atoms. The third kappa shape index (κ3) is 2.29. The van der Waals surface area contributed by atoms with E-state index in [1.807, 2.05) is 30.3 Å². The zero-order valence-corrected chi connectivity index (χ0v) is 13.8. The van der Waals surface area contributed by atoms with Crippen molar-refractivity contribution >= 4 is 28.5 Å². The fourth-order valence-electron chi connectivity index (χ4n) is 3.23. The molecular weight excluding hydrogens is 312 g/mol. The number of ether oxygens (including phenoxy) is 1. The fraction of sp³-hybridized carbons (Fsp3) is 0.294. The van der Waals surface area contributed by atoms with Gasteiger partial charge >= 0.3 is 0 Å². The molecule has 1 heterocycles. The highest BCUT2D eigenvalue weighted by molar-refractivity contribution is 7.80. The van der Waals surface area contributed by atoms with Crippen molar-refractivity contribution in [1.82, 2.24) is 0 Å². The van der Waals surface area contributed by atoms with Crippen LogP contribution in [0.1, 0.15) is 16.4 Å². The van der Waals surface area contributed by atoms with E-state index >= 15 is 0 Å². The lowest BCUT2D eigenvalue weighted by Gasteiger charge is -2.07. The summed E-state index contributed by atoms with van der Waals surface area (Å²) in [5.74, 6) is 1.00. The largest absolute Gasteiger partial charge is 0.497 e. The molecule has 3 rings (SSSR count). The van der Waals surface area contributed by atoms with Crippen molar-refractivity contribution in [2.24, 2.45) is 17.1 Å². The first-order valence-corrected chi connectivity index (χ1v) is 8.29. The third-order valence-corrected chi connectivity index (χ3v) is 5.67. The Balaban J connectivity index is 1.93. The average Bonchev–Trinajstić information content (AvgIpc) is 2.88. The molecule has 0 saturated heterocycles. The highest BCUT2D eigenvalue weighted by Gasteiger charge is 2.67. The maximum absolute atomic E-state index is 9.72. The van der Waals surface area contributed by atoms with Crippen LogP contribution >= 0.6 is 23.6 Å². The predicted octanol–water partition coefficient (Wildman–Crippen LogP) is 3.51. The average molecular weight is 328 g/mol. The highest BCUT2D eigenvalue weighted by atomic mass is 32.1. The molecule has 1 aromatic carbocycles. The molecule has 3 nitrogen and oxygen atoms in total. The normalized spacial score (nSPS) is 26.2. The van der Waals surface area contributed by atoms with Crippen LogP contribution in [0.3, 0.4) is 0 Å². The Morgan fingerprint density at radius 1 is 1.41 bits per heavy atom. The van der Waals surface area contributed by atoms with E-state index in [2.05, 4.69) is 17.5 Å². The van der Waals surface area contributed by atoms with Gasteiger partial charge in [0.2, 0.25) is 0 Å². The summed E-state index contributed by atoms with van der Waals surface area (Å²) in [6.45, 7) is 0. The SMILES string of the molecule is COc1ccc([C@@H]2[C@H](Cc3cccs3)[C@@]2(C#N)C(N)=S)cc1. The highest BCUT2D eigenvalue weighted by Crippen LogP contribution is 2.66. The van der Waals surface area contributed by atoms with Gasteiger partial charge in [0.1, 0.15) is 11.2 Å². The number of thiophene rings is 1. The summed E-state index contributed by atoms with van der Waals surface area (Å²) < 4.78 is 5.19. The zero-order valence-electron chi connectivity index (χ0n) is 12.2. The smallest absolute Gasteiger partial charge is 0.118 e. The second-order valence-electron chi connectivity index (χ2n) is 5.49. The molecule has 112 valence electrons. The quantitative estimate of drug-likeness (QED) is 0.853. The Kier molecular flexibility index (Phi) is 3.90. The van der Waals surface area contributed by atoms with Crippen molar-refractivity contribution in [3.63, 3.8) is 0 Å². The van der Waals surface area contributed by atoms with E-state index in [1.54, 1.807) is 18.4 Å². The number of hydrogen-bond donors (Lipinski definition) is 1. The molecule has 22 heavy (non-hydrogen) atoms. The maximum atomic E-state index is 9.72. The van der Waals surface area contributed by atoms with Crippen LogP contribution in [0.5, 0.6) is 5.75 Å². The standard InChI is InChI=1S/C17H16N2OS2/c1-20-12-6-4-11(5-7-12)15-14(9-13-3-2-8-22-13)17(15,10-18)16(19)21/h2-8,14-15H,9H2,1H3,(H2,19,21)/t14-,15+,17+/m0/s1. The number of nitriles is 1. The first-order valence-electron chi connectivity index (χ1n) is 7.01. The zero-order chi connectivity index (χ0) is 15.7. The lowest BCUT2D eigenvalue weighted by atomic mass is 10.00. The Morgan fingerprint density at radius 2 is 2.14 bits per heavy atom. The van der Waals surface area contributed by atoms with Crippen LogP contribution in [0.25, 0.3) is 0 Å². The van der Waals surface area contributed by atoms with Gasteiger partial charge in [0.25, 0.3) is 0 Å². The molecule has 2 aromatic rings. The number of benzene rings is 1. The first kappa shape index (κ1) is 15.0. The molecule has 1 fully saturated rings. The van der Waals surface area contributed by atoms with Crippen molar-refractivity contribution in [3.05, 3.63) is 52.2 Å². The summed E-state index contributed by atoms with van der Waals surface area (Å²) in [5.41, 5.74) is 6.30. The van der Waals surface area contributed by atoms with Gasteiger partial charge in [-0.3, -0.25) is 0 Å². The van der Waals surface area contributed by atoms with Crippen molar-refractivity contribution in [2.75, 3.05) is 7.11 Å². The van der Waals surface area contributed by atoms with Crippen LogP contribution < -0.4 is 10.5 Å². The van der Waals surface area contributed by atoms with Gasteiger partial charge in [0, 0.05) is 10.8 Å². The number of methoxy groups -OCH3 is 1. The number of hydrogen-bond acceptors (Lipinski definition) is 4. The van der Waals surface area contributed by atoms with Gasteiger partial charge in [-0.1, -0.05) is 30.4 Å². The van der Waals surface area contributed by atoms with Crippen molar-refractivity contribution in [1.29, 1.82) is 5.26 Å². The van der Waals surface area contributed by atoms with Crippen LogP contribution in [-0.2, 0) is 6.42 Å². The molecule has 0 amide bonds. The van der Waals surface area contributed by atoms with E-state index in [0.29, 0.717) is 4.99 Å². The van der Waals surface area contributed by atoms with Gasteiger partial charge in [0.15, 0.2) is 0 Å². The lowest BCUT2D eigenvalue weighted by molar-refractivity contribution is 0.414. The van der Waals surface area contributed by atoms with Gasteiger partial charge in [-0.15, -0.1) is 11.3 Å². The molecule has 0 radical (unpaired) electrons. The molecular formula is C17H16N2OS2. The molecule has 2 N–H and O–H groups in total. The van der Waals surface area contributed by atoms with E-state index in [-0.39, 0.29) is 11.8 Å². The Labute approximate surface area is 139 Å². The number of nitrogens with zero attached hydrogens (tertiary/aromatic N) is 1. The lowest BCUT2D eigenvalue weighted by Crippen LogP contribution is -2.24. The van der Waals surface area contributed by atoms with E-state index < -0.39 is 5.41 Å². The second kappa shape index (κ2) is 5.71. The Hall–Kier alpha value is -1.90. The Bertz CT molecular complexity index is 718. The minimum Gasteiger partial charge on any atom is -0.497 e. The van der Waals surface area contributed by atoms with E-state index in [0.717, 1.165) is 17.7 Å². The molecule has 1 saturated carbocycles. The van der Waals surface area contributed by atoms with E-state index in [9.17, 15) is 5.26 Å². The van der Waals surface area contributed by atoms with Gasteiger partial charge in [0.05, 0.1) is 18.2 Å². The number of thiocarbonyl (C=S) groups is 1. The van der Waals surface area contributed by atoms with Crippen LogP contribution in [0.2, 0.25) is 0 Å². The second-order valence-corrected chi connectivity index (χ2v) is 6.96. The predicted molar refractivity (Wildman–Crippen MR) is 92.1 cm³/mol. The molecule has 1 aliphatic rings. The van der Waals surface area contributed by atoms with Gasteiger partial charge < -0.3 is 10.5 Å². The summed E-state index contributed by atoms with van der Waals surface area (Å²) in [6.07, 6.45) is 0.833. The van der Waals surface area contributed by atoms with Crippen molar-refractivity contribution in [3.8, 4) is 11.8 Å². The van der Waals surface area contributed by atoms with Crippen LogP contribution in [0, 0.1) is 22.7 Å². The van der Waals surface area contributed by atoms with Gasteiger partial charge in [-0.2, -0.15) is 5.26 Å². The minimum atomic E-state index is -0.728. The summed E-state index contributed by atoms with van der Waals surface area (Å²) in [6, 6.07) is 14.4. The molecule has 0 aliphatic heterocycles. The minimum absolute atomic E-state index is 0.0583. The van der Waals surface area contributed by atoms with Gasteiger partial charge in [-0.25, -0.2) is 0 Å². The monoisotopic (exact) mass is 328 g/mol. The van der Waals surface area contributed by atoms with E-state index in [4.69, 9.17) is 22.7 Å². The summed E-state index contributed by atoms with van der Waals surface area (Å²) in [5, 5.41) is 11.8. The summed E-state index contributed by atoms with van der Waals surface area (Å²) in [4.78, 5) is 1.56. The third-order valence-electron chi connectivity index (χ3n) is 4.44. The van der Waals surface area contributed by atoms with Crippen molar-refractivity contribution < 1.29 is 4.74 Å². The Morgan fingerprint density at radius 3 is 2.64 bits per heavy atom. The fourth-order valence-corrected chi connectivity index (χ4v) is 4.32. The van der Waals surface area contributed by atoms with E-state index in [1.165, 1.54) is 4.88 Å².